The lowest BCUT2D eigenvalue weighted by Crippen LogP contribution is -2.37. The number of ether oxygens (including phenoxy) is 2. The smallest absolute Gasteiger partial charge is 0.306 e. The summed E-state index contributed by atoms with van der Waals surface area (Å²) >= 11 is 0. The number of hydrogen-bond acceptors (Lipinski definition) is 9. The van der Waals surface area contributed by atoms with Crippen molar-refractivity contribution in [1.29, 1.82) is 0 Å². The highest BCUT2D eigenvalue weighted by atomic mass is 31.2. The first-order chi connectivity index (χ1) is 29.3. The van der Waals surface area contributed by atoms with E-state index in [1.807, 2.05) is 34.1 Å². The second-order valence-electron chi connectivity index (χ2n) is 16.3. The van der Waals surface area contributed by atoms with Gasteiger partial charge in [0.25, 0.3) is 7.82 Å². The minimum absolute atomic E-state index is 0.0569. The van der Waals surface area contributed by atoms with Crippen LogP contribution in [-0.4, -0.2) is 81.2 Å². The Morgan fingerprint density at radius 1 is 0.590 bits per heavy atom. The molecule has 0 saturated carbocycles. The summed E-state index contributed by atoms with van der Waals surface area (Å²) in [5, 5.41) is 9.28. The van der Waals surface area contributed by atoms with Crippen LogP contribution in [0.1, 0.15) is 149 Å². The lowest BCUT2D eigenvalue weighted by atomic mass is 10.1. The number of carbonyl (C=O) groups is 2. The third-order valence-electron chi connectivity index (χ3n) is 9.10. The van der Waals surface area contributed by atoms with Gasteiger partial charge in [-0.1, -0.05) is 123 Å². The number of phosphoric ester groups is 1. The van der Waals surface area contributed by atoms with E-state index in [1.165, 1.54) is 25.7 Å². The number of nitrogens with zero attached hydrogens (tertiary/aromatic N) is 1. The number of allylic oxidation sites excluding steroid dienone is 16. The van der Waals surface area contributed by atoms with Crippen LogP contribution in [0.25, 0.3) is 0 Å². The largest absolute Gasteiger partial charge is 0.756 e. The van der Waals surface area contributed by atoms with Crippen molar-refractivity contribution in [2.75, 3.05) is 47.5 Å². The second kappa shape index (κ2) is 40.9. The number of aliphatic hydroxyl groups excluding tert-OH is 1. The van der Waals surface area contributed by atoms with Crippen molar-refractivity contribution in [3.8, 4) is 0 Å². The lowest BCUT2D eigenvalue weighted by molar-refractivity contribution is -0.870. The Morgan fingerprint density at radius 2 is 1.03 bits per heavy atom. The van der Waals surface area contributed by atoms with Crippen LogP contribution in [0, 0.1) is 0 Å². The molecule has 11 heteroatoms. The van der Waals surface area contributed by atoms with Gasteiger partial charge in [0.2, 0.25) is 0 Å². The summed E-state index contributed by atoms with van der Waals surface area (Å²) < 4.78 is 33.8. The molecule has 0 amide bonds. The van der Waals surface area contributed by atoms with Crippen LogP contribution in [0.15, 0.2) is 97.2 Å². The Bertz CT molecular complexity index is 1370. The average Bonchev–Trinajstić information content (AvgIpc) is 3.20. The van der Waals surface area contributed by atoms with Gasteiger partial charge in [0, 0.05) is 12.8 Å². The van der Waals surface area contributed by atoms with Gasteiger partial charge in [0.05, 0.1) is 33.9 Å². The van der Waals surface area contributed by atoms with Crippen molar-refractivity contribution in [2.24, 2.45) is 0 Å². The van der Waals surface area contributed by atoms with E-state index in [9.17, 15) is 24.2 Å². The fourth-order valence-corrected chi connectivity index (χ4v) is 6.20. The molecule has 1 unspecified atom stereocenters. The van der Waals surface area contributed by atoms with Gasteiger partial charge in [0.15, 0.2) is 6.10 Å². The molecule has 0 aliphatic carbocycles. The van der Waals surface area contributed by atoms with Crippen molar-refractivity contribution >= 4 is 19.8 Å². The number of esters is 2. The Labute approximate surface area is 371 Å². The van der Waals surface area contributed by atoms with E-state index in [0.29, 0.717) is 30.3 Å². The zero-order valence-electron chi connectivity index (χ0n) is 38.7. The summed E-state index contributed by atoms with van der Waals surface area (Å²) in [4.78, 5) is 37.6. The van der Waals surface area contributed by atoms with Crippen molar-refractivity contribution < 1.29 is 47.2 Å². The van der Waals surface area contributed by atoms with Gasteiger partial charge in [-0.25, -0.2) is 0 Å². The van der Waals surface area contributed by atoms with Crippen molar-refractivity contribution in [1.82, 2.24) is 0 Å². The van der Waals surface area contributed by atoms with Crippen LogP contribution >= 0.6 is 7.82 Å². The first-order valence-corrected chi connectivity index (χ1v) is 24.4. The van der Waals surface area contributed by atoms with E-state index in [2.05, 4.69) is 98.1 Å². The van der Waals surface area contributed by atoms with Gasteiger partial charge in [-0.15, -0.1) is 0 Å². The van der Waals surface area contributed by atoms with Crippen LogP contribution in [0.5, 0.6) is 0 Å². The first-order valence-electron chi connectivity index (χ1n) is 23.0. The first kappa shape index (κ1) is 57.9. The molecule has 0 bridgehead atoms. The Kier molecular flexibility index (Phi) is 38.8. The van der Waals surface area contributed by atoms with Crippen molar-refractivity contribution in [3.63, 3.8) is 0 Å². The molecule has 0 aliphatic heterocycles. The molecule has 0 aromatic carbocycles. The highest BCUT2D eigenvalue weighted by Crippen LogP contribution is 2.38. The molecule has 0 heterocycles. The van der Waals surface area contributed by atoms with Gasteiger partial charge in [-0.3, -0.25) is 14.2 Å². The summed E-state index contributed by atoms with van der Waals surface area (Å²) in [7, 11) is 1.08. The van der Waals surface area contributed by atoms with E-state index >= 15 is 0 Å². The lowest BCUT2D eigenvalue weighted by Gasteiger charge is -2.28. The van der Waals surface area contributed by atoms with Crippen molar-refractivity contribution in [3.05, 3.63) is 97.2 Å². The fourth-order valence-electron chi connectivity index (χ4n) is 5.47. The zero-order valence-corrected chi connectivity index (χ0v) is 39.6. The molecule has 0 saturated heterocycles. The van der Waals surface area contributed by atoms with E-state index in [1.54, 1.807) is 0 Å². The number of likely N-dealkylation sites (N-methyl/N-ethyl adjacent to an activating group) is 1. The maximum Gasteiger partial charge on any atom is 0.306 e. The van der Waals surface area contributed by atoms with E-state index < -0.39 is 32.5 Å². The van der Waals surface area contributed by atoms with Crippen LogP contribution in [-0.2, 0) is 32.7 Å². The third kappa shape index (κ3) is 46.2. The maximum absolute atomic E-state index is 12.7. The maximum atomic E-state index is 12.7. The summed E-state index contributed by atoms with van der Waals surface area (Å²) in [6.45, 7) is 3.61. The number of hydrogen-bond donors (Lipinski definition) is 1. The molecule has 0 aromatic heterocycles. The Morgan fingerprint density at radius 3 is 1.51 bits per heavy atom. The van der Waals surface area contributed by atoms with Crippen LogP contribution < -0.4 is 4.89 Å². The molecule has 1 N–H and O–H groups in total. The Hall–Kier alpha value is -3.11. The molecule has 0 aromatic rings. The zero-order chi connectivity index (χ0) is 45.1. The molecule has 348 valence electrons. The molecular formula is C50H84NO9P. The summed E-state index contributed by atoms with van der Waals surface area (Å²) in [5.41, 5.74) is 0. The summed E-state index contributed by atoms with van der Waals surface area (Å²) in [5.74, 6) is -0.963. The molecule has 0 rings (SSSR count). The van der Waals surface area contributed by atoms with Gasteiger partial charge in [-0.2, -0.15) is 0 Å². The number of carbonyl (C=O) groups excluding carboxylic acids is 2. The number of rotatable bonds is 40. The van der Waals surface area contributed by atoms with Gasteiger partial charge in [-0.05, 0) is 110 Å². The van der Waals surface area contributed by atoms with Gasteiger partial charge >= 0.3 is 11.9 Å². The molecule has 0 radical (unpaired) electrons. The number of quaternary nitrogens is 1. The van der Waals surface area contributed by atoms with Crippen molar-refractivity contribution in [2.45, 2.75) is 161 Å². The molecular weight excluding hydrogens is 790 g/mol. The van der Waals surface area contributed by atoms with Crippen LogP contribution in [0.2, 0.25) is 0 Å². The standard InChI is InChI=1S/C50H84NO9P/c1-6-7-8-9-10-11-12-13-14-15-16-17-20-24-27-30-33-36-39-42-50(54)60-48(46-59-61(55,56)58-44-43-51(3,4)5)45-57-49(53)41-38-35-32-29-26-23-21-18-19-22-25-28-31-34-37-40-47(2)52/h10-11,13-14,16-17,19,21-24,27-29,31-32,47-48,52H,6-9,12,15,18,20,25-26,30,33-46H2,1-5H3/b11-10-,14-13-,17-16-,22-19-,23-21-,27-24-,31-28-,32-29-/t47-,48-/m1/s1. The molecule has 0 aliphatic rings. The van der Waals surface area contributed by atoms with E-state index in [4.69, 9.17) is 18.5 Å². The normalized spacial score (nSPS) is 14.9. The van der Waals surface area contributed by atoms with Crippen LogP contribution in [0.4, 0.5) is 0 Å². The molecule has 10 nitrogen and oxygen atoms in total. The van der Waals surface area contributed by atoms with Gasteiger partial charge in [0.1, 0.15) is 19.8 Å². The van der Waals surface area contributed by atoms with Crippen LogP contribution in [0.3, 0.4) is 0 Å². The Balaban J connectivity index is 4.52. The monoisotopic (exact) mass is 874 g/mol. The predicted molar refractivity (Wildman–Crippen MR) is 251 cm³/mol. The number of unbranched alkanes of at least 4 members (excludes halogenated alkanes) is 8. The summed E-state index contributed by atoms with van der Waals surface area (Å²) in [6, 6.07) is 0. The number of phosphoric acid groups is 1. The SMILES string of the molecule is CCCCC/C=C\C/C=C\C/C=C\C/C=C\CCCCCC(=O)O[C@H](COC(=O)CCC/C=C\C/C=C\C/C=C\C/C=C\CCC[C@@H](C)O)COP(=O)([O-])OCC[N+](C)(C)C. The quantitative estimate of drug-likeness (QED) is 0.0210. The minimum Gasteiger partial charge on any atom is -0.756 e. The topological polar surface area (TPSA) is 131 Å². The third-order valence-corrected chi connectivity index (χ3v) is 10.1. The fraction of sp³-hybridized carbons (Fsp3) is 0.640. The molecule has 3 atom stereocenters. The predicted octanol–water partition coefficient (Wildman–Crippen LogP) is 11.7. The summed E-state index contributed by atoms with van der Waals surface area (Å²) in [6.07, 6.45) is 51.4. The highest BCUT2D eigenvalue weighted by Gasteiger charge is 2.21. The number of aliphatic hydroxyl groups is 1. The highest BCUT2D eigenvalue weighted by molar-refractivity contribution is 7.45. The molecule has 0 fully saturated rings. The van der Waals surface area contributed by atoms with E-state index in [0.717, 1.165) is 77.0 Å². The second-order valence-corrected chi connectivity index (χ2v) is 17.7. The molecule has 0 spiro atoms. The average molecular weight is 874 g/mol. The minimum atomic E-state index is -4.66. The molecule has 61 heavy (non-hydrogen) atoms. The van der Waals surface area contributed by atoms with E-state index in [-0.39, 0.29) is 32.2 Å². The van der Waals surface area contributed by atoms with Gasteiger partial charge < -0.3 is 33.0 Å².